The highest BCUT2D eigenvalue weighted by Gasteiger charge is 2.39. The quantitative estimate of drug-likeness (QED) is 0.693. The number of hydrogen-bond donors (Lipinski definition) is 1. The summed E-state index contributed by atoms with van der Waals surface area (Å²) in [5.74, 6) is 0.394. The zero-order chi connectivity index (χ0) is 20.4. The first-order valence-electron chi connectivity index (χ1n) is 9.60. The molecule has 0 radical (unpaired) electrons. The van der Waals surface area contributed by atoms with Crippen LogP contribution in [0.4, 0.5) is 4.39 Å². The van der Waals surface area contributed by atoms with Gasteiger partial charge in [0.25, 0.3) is 0 Å². The number of amides is 1. The third kappa shape index (κ3) is 3.72. The highest BCUT2D eigenvalue weighted by Crippen LogP contribution is 2.39. The molecule has 0 saturated carbocycles. The fourth-order valence-corrected chi connectivity index (χ4v) is 4.62. The lowest BCUT2D eigenvalue weighted by atomic mass is 10.0. The molecule has 0 fully saturated rings. The second kappa shape index (κ2) is 8.24. The van der Waals surface area contributed by atoms with Crippen LogP contribution in [0.25, 0.3) is 11.4 Å². The van der Waals surface area contributed by atoms with Gasteiger partial charge in [0.05, 0.1) is 6.04 Å². The lowest BCUT2D eigenvalue weighted by Gasteiger charge is -2.35. The van der Waals surface area contributed by atoms with Crippen molar-refractivity contribution in [2.24, 2.45) is 0 Å². The molecule has 1 aliphatic heterocycles. The van der Waals surface area contributed by atoms with Gasteiger partial charge in [0.2, 0.25) is 11.1 Å². The van der Waals surface area contributed by atoms with Crippen molar-refractivity contribution in [3.8, 4) is 11.4 Å². The summed E-state index contributed by atoms with van der Waals surface area (Å²) in [5, 5.41) is 8.84. The molecule has 2 heterocycles. The first-order chi connectivity index (χ1) is 14.1. The van der Waals surface area contributed by atoms with E-state index in [9.17, 15) is 9.18 Å². The molecule has 2 atom stereocenters. The molecule has 0 bridgehead atoms. The third-order valence-corrected chi connectivity index (χ3v) is 6.22. The maximum absolute atomic E-state index is 13.5. The molecule has 0 aliphatic carbocycles. The lowest BCUT2D eigenvalue weighted by Crippen LogP contribution is -2.46. The van der Waals surface area contributed by atoms with Crippen LogP contribution in [0.3, 0.4) is 0 Å². The number of thioether (sulfide) groups is 1. The molecule has 0 spiro atoms. The van der Waals surface area contributed by atoms with Crippen molar-refractivity contribution in [3.05, 3.63) is 66.0 Å². The number of halogens is 1. The number of nitrogens with one attached hydrogen (secondary N) is 1. The maximum Gasteiger partial charge on any atom is 0.238 e. The van der Waals surface area contributed by atoms with E-state index in [-0.39, 0.29) is 17.8 Å². The van der Waals surface area contributed by atoms with Gasteiger partial charge in [-0.1, -0.05) is 54.2 Å². The second-order valence-corrected chi connectivity index (χ2v) is 7.82. The predicted molar refractivity (Wildman–Crippen MR) is 112 cm³/mol. The van der Waals surface area contributed by atoms with Gasteiger partial charge in [0.15, 0.2) is 5.82 Å². The second-order valence-electron chi connectivity index (χ2n) is 6.71. The Kier molecular flexibility index (Phi) is 5.53. The van der Waals surface area contributed by atoms with Crippen molar-refractivity contribution in [2.45, 2.75) is 30.3 Å². The summed E-state index contributed by atoms with van der Waals surface area (Å²) in [6, 6.07) is 15.7. The number of carbonyl (C=O) groups excluding carboxylic acids is 1. The Bertz CT molecular complexity index is 988. The van der Waals surface area contributed by atoms with Crippen molar-refractivity contribution in [2.75, 3.05) is 18.5 Å². The van der Waals surface area contributed by atoms with Gasteiger partial charge < -0.3 is 10.3 Å². The van der Waals surface area contributed by atoms with E-state index >= 15 is 0 Å². The number of nitrogens with zero attached hydrogens (tertiary/aromatic N) is 4. The Morgan fingerprint density at radius 3 is 2.45 bits per heavy atom. The van der Waals surface area contributed by atoms with Crippen molar-refractivity contribution >= 4 is 17.7 Å². The van der Waals surface area contributed by atoms with E-state index in [4.69, 9.17) is 0 Å². The molecular formula is C21H22FN5OS. The Labute approximate surface area is 173 Å². The van der Waals surface area contributed by atoms with Crippen molar-refractivity contribution in [1.29, 1.82) is 0 Å². The van der Waals surface area contributed by atoms with Crippen LogP contribution in [0.2, 0.25) is 0 Å². The van der Waals surface area contributed by atoms with Crippen LogP contribution in [0, 0.1) is 5.82 Å². The molecule has 8 heteroatoms. The minimum absolute atomic E-state index is 0.0253. The molecular weight excluding hydrogens is 389 g/mol. The summed E-state index contributed by atoms with van der Waals surface area (Å²) in [5.41, 5.74) is 5.17. The normalized spacial score (nSPS) is 18.0. The molecule has 2 aromatic carbocycles. The number of carbonyl (C=O) groups is 1. The minimum atomic E-state index is -0.430. The first kappa shape index (κ1) is 19.4. The minimum Gasteiger partial charge on any atom is -0.342 e. The van der Waals surface area contributed by atoms with E-state index in [0.29, 0.717) is 24.1 Å². The fourth-order valence-electron chi connectivity index (χ4n) is 3.45. The summed E-state index contributed by atoms with van der Waals surface area (Å²) in [6.07, 6.45) is 0. The summed E-state index contributed by atoms with van der Waals surface area (Å²) in [7, 11) is 0. The fraction of sp³-hybridized carbons (Fsp3) is 0.286. The Morgan fingerprint density at radius 2 is 1.79 bits per heavy atom. The van der Waals surface area contributed by atoms with E-state index in [0.717, 1.165) is 11.1 Å². The average Bonchev–Trinajstić information content (AvgIpc) is 3.18. The van der Waals surface area contributed by atoms with Crippen LogP contribution in [0.15, 0.2) is 59.8 Å². The van der Waals surface area contributed by atoms with Crippen molar-refractivity contribution in [3.63, 3.8) is 0 Å². The molecule has 0 saturated heterocycles. The van der Waals surface area contributed by atoms with E-state index in [2.05, 4.69) is 15.6 Å². The summed E-state index contributed by atoms with van der Waals surface area (Å²) < 4.78 is 15.3. The summed E-state index contributed by atoms with van der Waals surface area (Å²) in [6.45, 7) is 5.19. The zero-order valence-corrected chi connectivity index (χ0v) is 17.1. The SMILES string of the molecule is CCN(CC)C(=O)[C@H]1Sc2nnc(-c3ccccc3)n2N[C@@H]1c1ccc(F)cc1. The molecule has 29 heavy (non-hydrogen) atoms. The average molecular weight is 412 g/mol. The topological polar surface area (TPSA) is 63.1 Å². The Balaban J connectivity index is 1.76. The Morgan fingerprint density at radius 1 is 1.10 bits per heavy atom. The number of aromatic nitrogens is 3. The van der Waals surface area contributed by atoms with Crippen molar-refractivity contribution in [1.82, 2.24) is 19.8 Å². The number of rotatable bonds is 5. The molecule has 3 aromatic rings. The Hall–Kier alpha value is -2.87. The van der Waals surface area contributed by atoms with Crippen LogP contribution in [-0.2, 0) is 4.79 Å². The third-order valence-electron chi connectivity index (χ3n) is 5.02. The van der Waals surface area contributed by atoms with Crippen molar-refractivity contribution < 1.29 is 9.18 Å². The van der Waals surface area contributed by atoms with Gasteiger partial charge in [-0.2, -0.15) is 0 Å². The maximum atomic E-state index is 13.5. The number of fused-ring (bicyclic) bond motifs is 1. The summed E-state index contributed by atoms with van der Waals surface area (Å²) in [4.78, 5) is 15.0. The van der Waals surface area contributed by atoms with Gasteiger partial charge in [-0.3, -0.25) is 4.79 Å². The molecule has 1 amide bonds. The highest BCUT2D eigenvalue weighted by molar-refractivity contribution is 8.00. The van der Waals surface area contributed by atoms with E-state index in [1.807, 2.05) is 48.9 Å². The van der Waals surface area contributed by atoms with Crippen LogP contribution in [-0.4, -0.2) is 44.0 Å². The molecule has 1 N–H and O–H groups in total. The molecule has 1 aromatic heterocycles. The summed E-state index contributed by atoms with van der Waals surface area (Å²) >= 11 is 1.39. The van der Waals surface area contributed by atoms with Gasteiger partial charge >= 0.3 is 0 Å². The number of hydrogen-bond acceptors (Lipinski definition) is 5. The predicted octanol–water partition coefficient (Wildman–Crippen LogP) is 3.71. The van der Waals surface area contributed by atoms with Gasteiger partial charge in [0, 0.05) is 18.7 Å². The molecule has 4 rings (SSSR count). The van der Waals surface area contributed by atoms with Gasteiger partial charge in [-0.25, -0.2) is 9.07 Å². The zero-order valence-electron chi connectivity index (χ0n) is 16.2. The smallest absolute Gasteiger partial charge is 0.238 e. The van der Waals surface area contributed by atoms with Gasteiger partial charge in [0.1, 0.15) is 11.1 Å². The lowest BCUT2D eigenvalue weighted by molar-refractivity contribution is -0.130. The molecule has 0 unspecified atom stereocenters. The molecule has 6 nitrogen and oxygen atoms in total. The monoisotopic (exact) mass is 411 g/mol. The van der Waals surface area contributed by atoms with Crippen LogP contribution in [0.1, 0.15) is 25.5 Å². The van der Waals surface area contributed by atoms with E-state index in [1.165, 1.54) is 23.9 Å². The van der Waals surface area contributed by atoms with Gasteiger partial charge in [-0.15, -0.1) is 10.2 Å². The van der Waals surface area contributed by atoms with Crippen LogP contribution in [0.5, 0.6) is 0 Å². The highest BCUT2D eigenvalue weighted by atomic mass is 32.2. The number of benzene rings is 2. The standard InChI is InChI=1S/C21H22FN5OS/c1-3-26(4-2)20(28)18-17(14-10-12-16(22)13-11-14)25-27-19(23-24-21(27)29-18)15-8-6-5-7-9-15/h5-13,17-18,25H,3-4H2,1-2H3/t17-,18+/m1/s1. The van der Waals surface area contributed by atoms with Crippen LogP contribution < -0.4 is 5.43 Å². The largest absolute Gasteiger partial charge is 0.342 e. The molecule has 150 valence electrons. The van der Waals surface area contributed by atoms with E-state index in [1.54, 1.807) is 17.0 Å². The van der Waals surface area contributed by atoms with E-state index < -0.39 is 5.25 Å². The van der Waals surface area contributed by atoms with Gasteiger partial charge in [-0.05, 0) is 31.5 Å². The molecule has 1 aliphatic rings. The first-order valence-corrected chi connectivity index (χ1v) is 10.5. The van der Waals surface area contributed by atoms with Crippen LogP contribution >= 0.6 is 11.8 Å².